The summed E-state index contributed by atoms with van der Waals surface area (Å²) >= 11 is 0. The van der Waals surface area contributed by atoms with Crippen molar-refractivity contribution in [3.8, 4) is 22.9 Å². The summed E-state index contributed by atoms with van der Waals surface area (Å²) in [5.41, 5.74) is 1.83. The van der Waals surface area contributed by atoms with Gasteiger partial charge in [0.05, 0.1) is 24.7 Å². The number of benzene rings is 2. The predicted molar refractivity (Wildman–Crippen MR) is 124 cm³/mol. The largest absolute Gasteiger partial charge is 0.497 e. The fraction of sp³-hybridized carbons (Fsp3) is 0.417. The summed E-state index contributed by atoms with van der Waals surface area (Å²) in [4.78, 5) is 4.90. The normalized spacial score (nSPS) is 15.7. The number of piperidine rings is 1. The van der Waals surface area contributed by atoms with Crippen molar-refractivity contribution in [2.75, 3.05) is 27.3 Å². The van der Waals surface area contributed by atoms with Crippen molar-refractivity contribution in [3.63, 3.8) is 0 Å². The maximum Gasteiger partial charge on any atom is 0.243 e. The number of aromatic nitrogens is 2. The fourth-order valence-electron chi connectivity index (χ4n) is 4.01. The molecule has 0 bridgehead atoms. The lowest BCUT2D eigenvalue weighted by Crippen LogP contribution is -2.37. The summed E-state index contributed by atoms with van der Waals surface area (Å²) in [5, 5.41) is 4.12. The summed E-state index contributed by atoms with van der Waals surface area (Å²) in [6, 6.07) is 12.6. The predicted octanol–water partition coefficient (Wildman–Crippen LogP) is 4.45. The van der Waals surface area contributed by atoms with Gasteiger partial charge in [-0.25, -0.2) is 8.42 Å². The Morgan fingerprint density at radius 1 is 1.03 bits per heavy atom. The quantitative estimate of drug-likeness (QED) is 0.502. The summed E-state index contributed by atoms with van der Waals surface area (Å²) in [6.45, 7) is 4.98. The third-order valence-corrected chi connectivity index (χ3v) is 7.99. The van der Waals surface area contributed by atoms with Gasteiger partial charge in [-0.05, 0) is 48.6 Å². The second-order valence-electron chi connectivity index (χ2n) is 8.42. The maximum atomic E-state index is 13.1. The van der Waals surface area contributed by atoms with E-state index in [0.717, 1.165) is 5.56 Å². The van der Waals surface area contributed by atoms with Crippen LogP contribution < -0.4 is 9.47 Å². The number of hydrogen-bond acceptors (Lipinski definition) is 7. The number of nitrogens with zero attached hydrogens (tertiary/aromatic N) is 3. The molecule has 9 heteroatoms. The molecule has 0 saturated carbocycles. The third kappa shape index (κ3) is 4.74. The first-order chi connectivity index (χ1) is 15.8. The monoisotopic (exact) mass is 471 g/mol. The molecule has 2 heterocycles. The van der Waals surface area contributed by atoms with E-state index in [9.17, 15) is 8.42 Å². The van der Waals surface area contributed by atoms with Crippen LogP contribution in [0.25, 0.3) is 11.4 Å². The van der Waals surface area contributed by atoms with Crippen LogP contribution in [0.1, 0.15) is 50.0 Å². The molecule has 4 rings (SSSR count). The van der Waals surface area contributed by atoms with Gasteiger partial charge in [0.2, 0.25) is 21.7 Å². The van der Waals surface area contributed by atoms with E-state index in [4.69, 9.17) is 14.0 Å². The Labute approximate surface area is 194 Å². The number of rotatable bonds is 7. The van der Waals surface area contributed by atoms with Gasteiger partial charge in [0, 0.05) is 25.1 Å². The second kappa shape index (κ2) is 9.52. The third-order valence-electron chi connectivity index (χ3n) is 6.08. The van der Waals surface area contributed by atoms with Gasteiger partial charge in [-0.15, -0.1) is 0 Å². The summed E-state index contributed by atoms with van der Waals surface area (Å²) in [5.74, 6) is 2.57. The van der Waals surface area contributed by atoms with Crippen molar-refractivity contribution >= 4 is 10.0 Å². The van der Waals surface area contributed by atoms with E-state index in [1.165, 1.54) is 4.31 Å². The minimum Gasteiger partial charge on any atom is -0.497 e. The smallest absolute Gasteiger partial charge is 0.243 e. The van der Waals surface area contributed by atoms with E-state index in [1.807, 2.05) is 24.3 Å². The van der Waals surface area contributed by atoms with Crippen LogP contribution >= 0.6 is 0 Å². The van der Waals surface area contributed by atoms with Gasteiger partial charge in [0.15, 0.2) is 0 Å². The minimum atomic E-state index is -3.53. The molecule has 3 aromatic rings. The minimum absolute atomic E-state index is 0.00487. The van der Waals surface area contributed by atoms with E-state index in [0.29, 0.717) is 65.5 Å². The Morgan fingerprint density at radius 2 is 1.73 bits per heavy atom. The molecule has 1 aromatic heterocycles. The van der Waals surface area contributed by atoms with Gasteiger partial charge in [-0.2, -0.15) is 9.29 Å². The van der Waals surface area contributed by atoms with Crippen LogP contribution in [0.5, 0.6) is 11.5 Å². The SMILES string of the molecule is COc1ccc(-c2noc(C3CCN(S(=O)(=O)c4ccc(C(C)C)cc4)CC3)n2)c(OC)c1. The van der Waals surface area contributed by atoms with Gasteiger partial charge in [0.25, 0.3) is 0 Å². The van der Waals surface area contributed by atoms with E-state index >= 15 is 0 Å². The van der Waals surface area contributed by atoms with Crippen LogP contribution in [0.4, 0.5) is 0 Å². The van der Waals surface area contributed by atoms with Crippen molar-refractivity contribution in [2.24, 2.45) is 0 Å². The van der Waals surface area contributed by atoms with Gasteiger partial charge >= 0.3 is 0 Å². The van der Waals surface area contributed by atoms with Gasteiger partial charge < -0.3 is 14.0 Å². The van der Waals surface area contributed by atoms with Crippen LogP contribution in [0, 0.1) is 0 Å². The van der Waals surface area contributed by atoms with Crippen molar-refractivity contribution in [3.05, 3.63) is 53.9 Å². The Bertz CT molecular complexity index is 1200. The number of ether oxygens (including phenoxy) is 2. The molecule has 1 saturated heterocycles. The van der Waals surface area contributed by atoms with E-state index in [2.05, 4.69) is 24.0 Å². The topological polar surface area (TPSA) is 94.8 Å². The molecule has 0 aliphatic carbocycles. The van der Waals surface area contributed by atoms with Crippen LogP contribution in [-0.4, -0.2) is 50.2 Å². The molecule has 176 valence electrons. The first kappa shape index (κ1) is 23.3. The molecule has 1 aliphatic rings. The first-order valence-electron chi connectivity index (χ1n) is 11.0. The van der Waals surface area contributed by atoms with Gasteiger partial charge in [-0.3, -0.25) is 0 Å². The highest BCUT2D eigenvalue weighted by Crippen LogP contribution is 2.35. The van der Waals surface area contributed by atoms with Gasteiger partial charge in [0.1, 0.15) is 11.5 Å². The van der Waals surface area contributed by atoms with Gasteiger partial charge in [-0.1, -0.05) is 31.1 Å². The molecule has 0 amide bonds. The lowest BCUT2D eigenvalue weighted by Gasteiger charge is -2.29. The van der Waals surface area contributed by atoms with Crippen molar-refractivity contribution in [1.82, 2.24) is 14.4 Å². The van der Waals surface area contributed by atoms with E-state index in [-0.39, 0.29) is 5.92 Å². The zero-order chi connectivity index (χ0) is 23.6. The Hall–Kier alpha value is -2.91. The molecule has 0 unspecified atom stereocenters. The number of hydrogen-bond donors (Lipinski definition) is 0. The van der Waals surface area contributed by atoms with Crippen LogP contribution in [0.3, 0.4) is 0 Å². The van der Waals surface area contributed by atoms with Crippen LogP contribution in [-0.2, 0) is 10.0 Å². The molecule has 0 atom stereocenters. The van der Waals surface area contributed by atoms with Crippen molar-refractivity contribution < 1.29 is 22.4 Å². The standard InChI is InChI=1S/C24H29N3O5S/c1-16(2)17-5-8-20(9-6-17)33(28,29)27-13-11-18(12-14-27)24-25-23(26-32-24)21-10-7-19(30-3)15-22(21)31-4/h5-10,15-16,18H,11-14H2,1-4H3. The fourth-order valence-corrected chi connectivity index (χ4v) is 5.48. The number of sulfonamides is 1. The van der Waals surface area contributed by atoms with Crippen LogP contribution in [0.15, 0.2) is 51.9 Å². The Balaban J connectivity index is 1.45. The molecule has 8 nitrogen and oxygen atoms in total. The van der Waals surface area contributed by atoms with E-state index < -0.39 is 10.0 Å². The molecule has 0 N–H and O–H groups in total. The summed E-state index contributed by atoms with van der Waals surface area (Å²) in [7, 11) is -0.359. The Kier molecular flexibility index (Phi) is 6.71. The maximum absolute atomic E-state index is 13.1. The molecule has 1 fully saturated rings. The highest BCUT2D eigenvalue weighted by Gasteiger charge is 2.32. The van der Waals surface area contributed by atoms with Crippen molar-refractivity contribution in [1.29, 1.82) is 0 Å². The highest BCUT2D eigenvalue weighted by atomic mass is 32.2. The lowest BCUT2D eigenvalue weighted by molar-refractivity contribution is 0.270. The van der Waals surface area contributed by atoms with Crippen molar-refractivity contribution in [2.45, 2.75) is 43.4 Å². The number of methoxy groups -OCH3 is 2. The molecule has 1 aliphatic heterocycles. The average Bonchev–Trinajstić information content (AvgIpc) is 3.33. The molecule has 33 heavy (non-hydrogen) atoms. The molecule has 0 radical (unpaired) electrons. The zero-order valence-electron chi connectivity index (χ0n) is 19.3. The zero-order valence-corrected chi connectivity index (χ0v) is 20.1. The molecular weight excluding hydrogens is 442 g/mol. The lowest BCUT2D eigenvalue weighted by atomic mass is 9.98. The molecule has 0 spiro atoms. The highest BCUT2D eigenvalue weighted by molar-refractivity contribution is 7.89. The average molecular weight is 472 g/mol. The molecule has 2 aromatic carbocycles. The summed E-state index contributed by atoms with van der Waals surface area (Å²) in [6.07, 6.45) is 1.23. The van der Waals surface area contributed by atoms with Crippen LogP contribution in [0.2, 0.25) is 0 Å². The molecular formula is C24H29N3O5S. The summed E-state index contributed by atoms with van der Waals surface area (Å²) < 4.78 is 43.9. The second-order valence-corrected chi connectivity index (χ2v) is 10.4. The van der Waals surface area contributed by atoms with E-state index in [1.54, 1.807) is 32.4 Å². The Morgan fingerprint density at radius 3 is 2.33 bits per heavy atom. The first-order valence-corrected chi connectivity index (χ1v) is 12.4.